The van der Waals surface area contributed by atoms with Crippen molar-refractivity contribution in [3.8, 4) is 0 Å². The SMILES string of the molecule is CNC(CCN(C)CCS(C)(=O)=O)C(C)(C)OC. The second-order valence-corrected chi connectivity index (χ2v) is 7.63. The van der Waals surface area contributed by atoms with E-state index < -0.39 is 9.84 Å². The van der Waals surface area contributed by atoms with Crippen LogP contribution in [0, 0.1) is 0 Å². The Morgan fingerprint density at radius 3 is 2.28 bits per heavy atom. The van der Waals surface area contributed by atoms with Crippen LogP contribution in [0.3, 0.4) is 0 Å². The average Bonchev–Trinajstić information content (AvgIpc) is 2.26. The Morgan fingerprint density at radius 2 is 1.89 bits per heavy atom. The van der Waals surface area contributed by atoms with E-state index in [0.717, 1.165) is 13.0 Å². The fraction of sp³-hybridized carbons (Fsp3) is 1.00. The van der Waals surface area contributed by atoms with Gasteiger partial charge in [0.2, 0.25) is 0 Å². The molecule has 0 fully saturated rings. The summed E-state index contributed by atoms with van der Waals surface area (Å²) in [5.74, 6) is 0.210. The van der Waals surface area contributed by atoms with Gasteiger partial charge < -0.3 is 15.0 Å². The fourth-order valence-electron chi connectivity index (χ4n) is 1.76. The molecule has 0 saturated carbocycles. The molecule has 6 heteroatoms. The summed E-state index contributed by atoms with van der Waals surface area (Å²) in [4.78, 5) is 2.04. The van der Waals surface area contributed by atoms with E-state index in [0.29, 0.717) is 6.54 Å². The molecule has 0 spiro atoms. The molecule has 0 aliphatic carbocycles. The number of likely N-dealkylation sites (N-methyl/N-ethyl adjacent to an activating group) is 1. The minimum Gasteiger partial charge on any atom is -0.377 e. The van der Waals surface area contributed by atoms with Gasteiger partial charge in [0.05, 0.1) is 11.4 Å². The predicted molar refractivity (Wildman–Crippen MR) is 75.8 cm³/mol. The van der Waals surface area contributed by atoms with Crippen LogP contribution in [0.25, 0.3) is 0 Å². The van der Waals surface area contributed by atoms with E-state index in [1.54, 1.807) is 7.11 Å². The van der Waals surface area contributed by atoms with Gasteiger partial charge in [-0.25, -0.2) is 8.42 Å². The third kappa shape index (κ3) is 7.31. The smallest absolute Gasteiger partial charge is 0.148 e. The van der Waals surface area contributed by atoms with E-state index in [2.05, 4.69) is 5.32 Å². The number of sulfone groups is 1. The van der Waals surface area contributed by atoms with Crippen molar-refractivity contribution in [3.63, 3.8) is 0 Å². The molecule has 0 bridgehead atoms. The molecule has 0 saturated heterocycles. The lowest BCUT2D eigenvalue weighted by Crippen LogP contribution is -2.48. The molecule has 1 N–H and O–H groups in total. The van der Waals surface area contributed by atoms with E-state index in [1.165, 1.54) is 6.26 Å². The minimum atomic E-state index is -2.88. The lowest BCUT2D eigenvalue weighted by atomic mass is 9.95. The van der Waals surface area contributed by atoms with Gasteiger partial charge in [-0.05, 0) is 40.9 Å². The maximum atomic E-state index is 11.1. The van der Waals surface area contributed by atoms with Crippen molar-refractivity contribution in [2.45, 2.75) is 31.9 Å². The summed E-state index contributed by atoms with van der Waals surface area (Å²) >= 11 is 0. The van der Waals surface area contributed by atoms with E-state index in [4.69, 9.17) is 4.74 Å². The highest BCUT2D eigenvalue weighted by atomic mass is 32.2. The maximum absolute atomic E-state index is 11.1. The summed E-state index contributed by atoms with van der Waals surface area (Å²) in [5.41, 5.74) is -0.230. The Morgan fingerprint density at radius 1 is 1.33 bits per heavy atom. The summed E-state index contributed by atoms with van der Waals surface area (Å²) in [6.07, 6.45) is 2.18. The molecule has 5 nitrogen and oxygen atoms in total. The van der Waals surface area contributed by atoms with Crippen LogP contribution in [0.15, 0.2) is 0 Å². The number of nitrogens with zero attached hydrogens (tertiary/aromatic N) is 1. The van der Waals surface area contributed by atoms with Crippen molar-refractivity contribution in [2.75, 3.05) is 46.3 Å². The topological polar surface area (TPSA) is 58.6 Å². The standard InChI is InChI=1S/C12H28N2O3S/c1-12(2,17-5)11(13-3)7-8-14(4)9-10-18(6,15)16/h11,13H,7-10H2,1-6H3. The first-order valence-corrected chi connectivity index (χ1v) is 8.27. The van der Waals surface area contributed by atoms with Gasteiger partial charge in [0, 0.05) is 26.0 Å². The number of hydrogen-bond acceptors (Lipinski definition) is 5. The Labute approximate surface area is 112 Å². The number of rotatable bonds is 9. The molecular formula is C12H28N2O3S. The second kappa shape index (κ2) is 7.43. The molecule has 1 atom stereocenters. The van der Waals surface area contributed by atoms with Crippen molar-refractivity contribution in [2.24, 2.45) is 0 Å². The van der Waals surface area contributed by atoms with Crippen molar-refractivity contribution in [3.05, 3.63) is 0 Å². The molecule has 0 aliphatic rings. The molecular weight excluding hydrogens is 252 g/mol. The first-order valence-electron chi connectivity index (χ1n) is 6.21. The molecule has 0 aromatic carbocycles. The maximum Gasteiger partial charge on any atom is 0.148 e. The summed E-state index contributed by atoms with van der Waals surface area (Å²) in [6, 6.07) is 0.239. The number of methoxy groups -OCH3 is 1. The van der Waals surface area contributed by atoms with E-state index in [1.807, 2.05) is 32.8 Å². The molecule has 0 radical (unpaired) electrons. The molecule has 18 heavy (non-hydrogen) atoms. The second-order valence-electron chi connectivity index (χ2n) is 5.37. The van der Waals surface area contributed by atoms with Crippen LogP contribution in [0.4, 0.5) is 0 Å². The predicted octanol–water partition coefficient (Wildman–Crippen LogP) is 0.366. The summed E-state index contributed by atoms with van der Waals surface area (Å²) in [7, 11) is 2.69. The van der Waals surface area contributed by atoms with Crippen molar-refractivity contribution in [1.82, 2.24) is 10.2 Å². The Kier molecular flexibility index (Phi) is 7.36. The summed E-state index contributed by atoms with van der Waals surface area (Å²) in [6.45, 7) is 5.51. The van der Waals surface area contributed by atoms with Gasteiger partial charge in [0.25, 0.3) is 0 Å². The van der Waals surface area contributed by atoms with Crippen LogP contribution in [0.5, 0.6) is 0 Å². The highest BCUT2D eigenvalue weighted by Gasteiger charge is 2.27. The molecule has 0 aliphatic heterocycles. The van der Waals surface area contributed by atoms with Gasteiger partial charge in [-0.1, -0.05) is 0 Å². The average molecular weight is 280 g/mol. The molecule has 0 rings (SSSR count). The molecule has 1 unspecified atom stereocenters. The molecule has 0 amide bonds. The molecule has 0 heterocycles. The van der Waals surface area contributed by atoms with Gasteiger partial charge in [-0.15, -0.1) is 0 Å². The van der Waals surface area contributed by atoms with E-state index >= 15 is 0 Å². The van der Waals surface area contributed by atoms with Crippen LogP contribution in [0.2, 0.25) is 0 Å². The summed E-state index contributed by atoms with van der Waals surface area (Å²) in [5, 5.41) is 3.25. The lowest BCUT2D eigenvalue weighted by molar-refractivity contribution is -0.0121. The van der Waals surface area contributed by atoms with Gasteiger partial charge in [-0.2, -0.15) is 0 Å². The largest absolute Gasteiger partial charge is 0.377 e. The highest BCUT2D eigenvalue weighted by molar-refractivity contribution is 7.90. The summed E-state index contributed by atoms with van der Waals surface area (Å²) < 4.78 is 27.6. The Balaban J connectivity index is 4.14. The quantitative estimate of drug-likeness (QED) is 0.661. The van der Waals surface area contributed by atoms with E-state index in [9.17, 15) is 8.42 Å². The molecule has 0 aromatic heterocycles. The normalized spacial score (nSPS) is 15.1. The van der Waals surface area contributed by atoms with Gasteiger partial charge >= 0.3 is 0 Å². The zero-order valence-electron chi connectivity index (χ0n) is 12.5. The first-order chi connectivity index (χ1) is 8.12. The molecule has 110 valence electrons. The fourth-order valence-corrected chi connectivity index (χ4v) is 2.41. The van der Waals surface area contributed by atoms with Crippen molar-refractivity contribution >= 4 is 9.84 Å². The monoisotopic (exact) mass is 280 g/mol. The lowest BCUT2D eigenvalue weighted by Gasteiger charge is -2.34. The Bertz CT molecular complexity index is 328. The highest BCUT2D eigenvalue weighted by Crippen LogP contribution is 2.16. The third-order valence-corrected chi connectivity index (χ3v) is 4.28. The van der Waals surface area contributed by atoms with Crippen LogP contribution in [0.1, 0.15) is 20.3 Å². The van der Waals surface area contributed by atoms with Gasteiger partial charge in [-0.3, -0.25) is 0 Å². The van der Waals surface area contributed by atoms with Crippen LogP contribution < -0.4 is 5.32 Å². The molecule has 0 aromatic rings. The minimum absolute atomic E-state index is 0.210. The number of hydrogen-bond donors (Lipinski definition) is 1. The number of nitrogens with one attached hydrogen (secondary N) is 1. The van der Waals surface area contributed by atoms with Crippen molar-refractivity contribution < 1.29 is 13.2 Å². The zero-order chi connectivity index (χ0) is 14.4. The van der Waals surface area contributed by atoms with Crippen molar-refractivity contribution in [1.29, 1.82) is 0 Å². The van der Waals surface area contributed by atoms with Gasteiger partial charge in [0.1, 0.15) is 9.84 Å². The zero-order valence-corrected chi connectivity index (χ0v) is 13.3. The third-order valence-electron chi connectivity index (χ3n) is 3.36. The van der Waals surface area contributed by atoms with Crippen LogP contribution in [-0.4, -0.2) is 71.3 Å². The first kappa shape index (κ1) is 17.8. The van der Waals surface area contributed by atoms with Gasteiger partial charge in [0.15, 0.2) is 0 Å². The van der Waals surface area contributed by atoms with Crippen LogP contribution >= 0.6 is 0 Å². The number of ether oxygens (including phenoxy) is 1. The Hall–Kier alpha value is -0.170. The van der Waals surface area contributed by atoms with Crippen LogP contribution in [-0.2, 0) is 14.6 Å². The van der Waals surface area contributed by atoms with E-state index in [-0.39, 0.29) is 17.4 Å².